The van der Waals surface area contributed by atoms with Gasteiger partial charge in [-0.1, -0.05) is 19.1 Å². The lowest BCUT2D eigenvalue weighted by Crippen LogP contribution is -2.42. The van der Waals surface area contributed by atoms with Gasteiger partial charge in [-0.05, 0) is 43.7 Å². The zero-order valence-electron chi connectivity index (χ0n) is 12.2. The predicted molar refractivity (Wildman–Crippen MR) is 79.3 cm³/mol. The highest BCUT2D eigenvalue weighted by Gasteiger charge is 2.20. The van der Waals surface area contributed by atoms with Gasteiger partial charge in [-0.25, -0.2) is 4.79 Å². The fourth-order valence-corrected chi connectivity index (χ4v) is 2.49. The molecule has 4 nitrogen and oxygen atoms in total. The normalized spacial score (nSPS) is 17.9. The van der Waals surface area contributed by atoms with E-state index in [4.69, 9.17) is 4.42 Å². The second-order valence-corrected chi connectivity index (χ2v) is 5.34. The van der Waals surface area contributed by atoms with E-state index in [2.05, 4.69) is 24.4 Å². The molecule has 0 fully saturated rings. The van der Waals surface area contributed by atoms with Gasteiger partial charge in [0.05, 0.1) is 12.8 Å². The van der Waals surface area contributed by atoms with E-state index < -0.39 is 0 Å². The van der Waals surface area contributed by atoms with Crippen LogP contribution >= 0.6 is 0 Å². The van der Waals surface area contributed by atoms with E-state index in [0.717, 1.165) is 44.5 Å². The molecule has 2 amide bonds. The highest BCUT2D eigenvalue weighted by atomic mass is 16.3. The van der Waals surface area contributed by atoms with Gasteiger partial charge in [0, 0.05) is 13.1 Å². The lowest BCUT2D eigenvalue weighted by molar-refractivity contribution is 0.176. The van der Waals surface area contributed by atoms with Crippen LogP contribution in [0.4, 0.5) is 4.79 Å². The number of urea groups is 1. The third-order valence-corrected chi connectivity index (χ3v) is 3.60. The quantitative estimate of drug-likeness (QED) is 0.807. The number of furan rings is 1. The molecule has 1 N–H and O–H groups in total. The molecule has 1 heterocycles. The van der Waals surface area contributed by atoms with Crippen molar-refractivity contribution in [2.24, 2.45) is 5.92 Å². The Morgan fingerprint density at radius 2 is 2.40 bits per heavy atom. The summed E-state index contributed by atoms with van der Waals surface area (Å²) in [6, 6.07) is 3.79. The van der Waals surface area contributed by atoms with Crippen LogP contribution in [0.25, 0.3) is 0 Å². The van der Waals surface area contributed by atoms with Gasteiger partial charge in [-0.3, -0.25) is 0 Å². The Labute approximate surface area is 120 Å². The number of rotatable bonds is 6. The molecule has 2 rings (SSSR count). The topological polar surface area (TPSA) is 45.5 Å². The van der Waals surface area contributed by atoms with Crippen molar-refractivity contribution in [3.8, 4) is 0 Å². The molecule has 1 aromatic rings. The molecule has 0 aromatic carbocycles. The summed E-state index contributed by atoms with van der Waals surface area (Å²) in [5.74, 6) is 1.39. The van der Waals surface area contributed by atoms with Gasteiger partial charge in [0.2, 0.25) is 0 Å². The molecular formula is C16H24N2O2. The van der Waals surface area contributed by atoms with Crippen molar-refractivity contribution in [1.82, 2.24) is 10.2 Å². The monoisotopic (exact) mass is 276 g/mol. The Bertz CT molecular complexity index is 426. The van der Waals surface area contributed by atoms with Crippen LogP contribution in [0.1, 0.15) is 38.4 Å². The number of allylic oxidation sites excluding steroid dienone is 2. The number of hydrogen-bond acceptors (Lipinski definition) is 2. The van der Waals surface area contributed by atoms with Crippen molar-refractivity contribution < 1.29 is 9.21 Å². The van der Waals surface area contributed by atoms with Crippen LogP contribution in [0.2, 0.25) is 0 Å². The minimum atomic E-state index is 0.0119. The zero-order chi connectivity index (χ0) is 14.2. The number of hydrogen-bond donors (Lipinski definition) is 1. The van der Waals surface area contributed by atoms with Crippen LogP contribution in [0.5, 0.6) is 0 Å². The second-order valence-electron chi connectivity index (χ2n) is 5.34. The maximum Gasteiger partial charge on any atom is 0.317 e. The number of nitrogens with one attached hydrogen (secondary N) is 1. The van der Waals surface area contributed by atoms with Crippen molar-refractivity contribution in [3.63, 3.8) is 0 Å². The summed E-state index contributed by atoms with van der Waals surface area (Å²) in [4.78, 5) is 14.1. The summed E-state index contributed by atoms with van der Waals surface area (Å²) in [5.41, 5.74) is 0. The van der Waals surface area contributed by atoms with Gasteiger partial charge in [-0.2, -0.15) is 0 Å². The summed E-state index contributed by atoms with van der Waals surface area (Å²) in [7, 11) is 0. The smallest absolute Gasteiger partial charge is 0.317 e. The average molecular weight is 276 g/mol. The standard InChI is InChI=1S/C16H24N2O2/c1-2-10-17-16(19)18(13-15-9-6-11-20-15)12-14-7-4-3-5-8-14/h3-4,6,9,11,14H,2,5,7-8,10,12-13H2,1H3,(H,17,19). The van der Waals surface area contributed by atoms with E-state index in [1.165, 1.54) is 0 Å². The number of amides is 2. The molecule has 0 saturated carbocycles. The minimum Gasteiger partial charge on any atom is -0.467 e. The minimum absolute atomic E-state index is 0.0119. The molecule has 1 unspecified atom stereocenters. The first-order chi connectivity index (χ1) is 9.79. The van der Waals surface area contributed by atoms with Crippen LogP contribution in [-0.2, 0) is 6.54 Å². The first kappa shape index (κ1) is 14.7. The molecule has 1 aliphatic carbocycles. The van der Waals surface area contributed by atoms with E-state index in [0.29, 0.717) is 12.5 Å². The van der Waals surface area contributed by atoms with Crippen molar-refractivity contribution in [2.75, 3.05) is 13.1 Å². The summed E-state index contributed by atoms with van der Waals surface area (Å²) in [6.45, 7) is 4.12. The Morgan fingerprint density at radius 1 is 1.50 bits per heavy atom. The van der Waals surface area contributed by atoms with Crippen LogP contribution in [0.15, 0.2) is 35.0 Å². The molecular weight excluding hydrogens is 252 g/mol. The van der Waals surface area contributed by atoms with Gasteiger partial charge in [0.25, 0.3) is 0 Å². The highest BCUT2D eigenvalue weighted by Crippen LogP contribution is 2.20. The molecule has 0 bridgehead atoms. The number of nitrogens with zero attached hydrogens (tertiary/aromatic N) is 1. The van der Waals surface area contributed by atoms with E-state index in [1.54, 1.807) is 6.26 Å². The lowest BCUT2D eigenvalue weighted by Gasteiger charge is -2.28. The first-order valence-corrected chi connectivity index (χ1v) is 7.49. The van der Waals surface area contributed by atoms with Gasteiger partial charge in [0.15, 0.2) is 0 Å². The average Bonchev–Trinajstić information content (AvgIpc) is 2.98. The number of carbonyl (C=O) groups is 1. The summed E-state index contributed by atoms with van der Waals surface area (Å²) < 4.78 is 5.37. The Hall–Kier alpha value is -1.71. The maximum atomic E-state index is 12.3. The van der Waals surface area contributed by atoms with Crippen LogP contribution in [0.3, 0.4) is 0 Å². The molecule has 110 valence electrons. The van der Waals surface area contributed by atoms with Gasteiger partial charge >= 0.3 is 6.03 Å². The van der Waals surface area contributed by atoms with Crippen LogP contribution in [-0.4, -0.2) is 24.0 Å². The largest absolute Gasteiger partial charge is 0.467 e. The van der Waals surface area contributed by atoms with Gasteiger partial charge in [-0.15, -0.1) is 0 Å². The molecule has 0 saturated heterocycles. The Balaban J connectivity index is 1.94. The first-order valence-electron chi connectivity index (χ1n) is 7.49. The molecule has 20 heavy (non-hydrogen) atoms. The van der Waals surface area contributed by atoms with Gasteiger partial charge < -0.3 is 14.6 Å². The molecule has 0 radical (unpaired) electrons. The molecule has 1 aromatic heterocycles. The maximum absolute atomic E-state index is 12.3. The number of carbonyl (C=O) groups excluding carboxylic acids is 1. The third-order valence-electron chi connectivity index (χ3n) is 3.60. The van der Waals surface area contributed by atoms with E-state index in [9.17, 15) is 4.79 Å². The Morgan fingerprint density at radius 3 is 3.05 bits per heavy atom. The molecule has 1 aliphatic rings. The summed E-state index contributed by atoms with van der Waals surface area (Å²) in [6.07, 6.45) is 10.4. The van der Waals surface area contributed by atoms with E-state index >= 15 is 0 Å². The van der Waals surface area contributed by atoms with Crippen molar-refractivity contribution in [2.45, 2.75) is 39.2 Å². The van der Waals surface area contributed by atoms with Gasteiger partial charge in [0.1, 0.15) is 5.76 Å². The molecule has 0 spiro atoms. The summed E-state index contributed by atoms with van der Waals surface area (Å²) >= 11 is 0. The fraction of sp³-hybridized carbons (Fsp3) is 0.562. The highest BCUT2D eigenvalue weighted by molar-refractivity contribution is 5.74. The lowest BCUT2D eigenvalue weighted by atomic mass is 9.94. The molecule has 0 aliphatic heterocycles. The summed E-state index contributed by atoms with van der Waals surface area (Å²) in [5, 5.41) is 2.96. The second kappa shape index (κ2) is 7.78. The van der Waals surface area contributed by atoms with Crippen molar-refractivity contribution >= 4 is 6.03 Å². The molecule has 4 heteroatoms. The fourth-order valence-electron chi connectivity index (χ4n) is 2.49. The van der Waals surface area contributed by atoms with Crippen LogP contribution < -0.4 is 5.32 Å². The Kier molecular flexibility index (Phi) is 5.71. The molecule has 1 atom stereocenters. The zero-order valence-corrected chi connectivity index (χ0v) is 12.2. The van der Waals surface area contributed by atoms with E-state index in [-0.39, 0.29) is 6.03 Å². The van der Waals surface area contributed by atoms with Crippen LogP contribution in [0, 0.1) is 5.92 Å². The predicted octanol–water partition coefficient (Wildman–Crippen LogP) is 3.56. The van der Waals surface area contributed by atoms with Crippen molar-refractivity contribution in [1.29, 1.82) is 0 Å². The SMILES string of the molecule is CCCNC(=O)N(Cc1ccco1)CC1CC=CCC1. The van der Waals surface area contributed by atoms with E-state index in [1.807, 2.05) is 17.0 Å². The van der Waals surface area contributed by atoms with Crippen molar-refractivity contribution in [3.05, 3.63) is 36.3 Å². The third kappa shape index (κ3) is 4.44.